The highest BCUT2D eigenvalue weighted by molar-refractivity contribution is 5.94. The third-order valence-corrected chi connectivity index (χ3v) is 6.51. The number of aromatic nitrogens is 2. The molecule has 2 saturated heterocycles. The summed E-state index contributed by atoms with van der Waals surface area (Å²) in [4.78, 5) is 17.9. The first-order valence-corrected chi connectivity index (χ1v) is 10.4. The molecule has 28 heavy (non-hydrogen) atoms. The number of carbonyl (C=O) groups excluding carboxylic acids is 1. The zero-order chi connectivity index (χ0) is 19.1. The smallest absolute Gasteiger partial charge is 0.272 e. The molecule has 2 aliphatic heterocycles. The van der Waals surface area contributed by atoms with E-state index in [0.29, 0.717) is 6.61 Å². The maximum atomic E-state index is 13.4. The molecule has 3 aliphatic rings. The molecule has 0 radical (unpaired) electrons. The topological polar surface area (TPSA) is 50.6 Å². The molecule has 2 aromatic rings. The predicted octanol–water partition coefficient (Wildman–Crippen LogP) is 2.20. The van der Waals surface area contributed by atoms with Crippen LogP contribution >= 0.6 is 0 Å². The van der Waals surface area contributed by atoms with Gasteiger partial charge in [0.2, 0.25) is 0 Å². The van der Waals surface area contributed by atoms with Gasteiger partial charge in [-0.3, -0.25) is 14.4 Å². The number of morpholine rings is 1. The molecule has 0 spiro atoms. The van der Waals surface area contributed by atoms with E-state index in [9.17, 15) is 4.79 Å². The number of amides is 1. The number of rotatable bonds is 2. The van der Waals surface area contributed by atoms with Crippen LogP contribution in [0.5, 0.6) is 0 Å². The fraction of sp³-hybridized carbons (Fsp3) is 0.545. The lowest BCUT2D eigenvalue weighted by atomic mass is 9.95. The molecule has 6 heteroatoms. The highest BCUT2D eigenvalue weighted by Crippen LogP contribution is 2.31. The normalized spacial score (nSPS) is 25.2. The summed E-state index contributed by atoms with van der Waals surface area (Å²) in [5.41, 5.74) is 4.41. The van der Waals surface area contributed by atoms with Gasteiger partial charge in [0.25, 0.3) is 5.91 Å². The third-order valence-electron chi connectivity index (χ3n) is 6.51. The second kappa shape index (κ2) is 7.33. The van der Waals surface area contributed by atoms with E-state index in [1.807, 2.05) is 16.6 Å². The largest absolute Gasteiger partial charge is 0.378 e. The van der Waals surface area contributed by atoms with Gasteiger partial charge in [-0.05, 0) is 31.2 Å². The molecule has 5 rings (SSSR count). The average molecular weight is 380 g/mol. The van der Waals surface area contributed by atoms with Gasteiger partial charge in [0.05, 0.1) is 31.0 Å². The van der Waals surface area contributed by atoms with Gasteiger partial charge >= 0.3 is 0 Å². The first kappa shape index (κ1) is 17.9. The van der Waals surface area contributed by atoms with Gasteiger partial charge in [0, 0.05) is 32.2 Å². The van der Waals surface area contributed by atoms with E-state index in [1.54, 1.807) is 0 Å². The summed E-state index contributed by atoms with van der Waals surface area (Å²) in [7, 11) is 1.91. The fourth-order valence-corrected chi connectivity index (χ4v) is 5.09. The van der Waals surface area contributed by atoms with Gasteiger partial charge < -0.3 is 9.64 Å². The molecule has 6 nitrogen and oxygen atoms in total. The molecule has 0 unspecified atom stereocenters. The zero-order valence-electron chi connectivity index (χ0n) is 16.5. The van der Waals surface area contributed by atoms with Gasteiger partial charge in [-0.2, -0.15) is 5.10 Å². The van der Waals surface area contributed by atoms with Gasteiger partial charge in [-0.1, -0.05) is 30.3 Å². The summed E-state index contributed by atoms with van der Waals surface area (Å²) in [5.74, 6) is 0.139. The van der Waals surface area contributed by atoms with E-state index >= 15 is 0 Å². The average Bonchev–Trinajstić information content (AvgIpc) is 3.08. The molecule has 0 N–H and O–H groups in total. The van der Waals surface area contributed by atoms with Gasteiger partial charge in [-0.25, -0.2) is 0 Å². The van der Waals surface area contributed by atoms with Crippen molar-refractivity contribution in [3.8, 4) is 0 Å². The Kier molecular flexibility index (Phi) is 4.69. The molecule has 148 valence electrons. The number of benzene rings is 1. The highest BCUT2D eigenvalue weighted by atomic mass is 16.5. The summed E-state index contributed by atoms with van der Waals surface area (Å²) < 4.78 is 7.76. The van der Waals surface area contributed by atoms with Crippen molar-refractivity contribution in [2.45, 2.75) is 37.8 Å². The summed E-state index contributed by atoms with van der Waals surface area (Å²) >= 11 is 0. The monoisotopic (exact) mass is 380 g/mol. The minimum atomic E-state index is 0.139. The number of hydrogen-bond donors (Lipinski definition) is 0. The van der Waals surface area contributed by atoms with Crippen molar-refractivity contribution in [3.63, 3.8) is 0 Å². The van der Waals surface area contributed by atoms with Crippen molar-refractivity contribution in [2.24, 2.45) is 7.05 Å². The van der Waals surface area contributed by atoms with E-state index in [2.05, 4.69) is 40.3 Å². The lowest BCUT2D eigenvalue weighted by molar-refractivity contribution is -0.0771. The number of hydrogen-bond acceptors (Lipinski definition) is 4. The maximum Gasteiger partial charge on any atom is 0.272 e. The van der Waals surface area contributed by atoms with Crippen molar-refractivity contribution in [1.29, 1.82) is 0 Å². The Bertz CT molecular complexity index is 863. The van der Waals surface area contributed by atoms with E-state index < -0.39 is 0 Å². The Morgan fingerprint density at radius 3 is 2.79 bits per heavy atom. The summed E-state index contributed by atoms with van der Waals surface area (Å²) in [6, 6.07) is 11.1. The Labute approximate surface area is 166 Å². The van der Waals surface area contributed by atoms with Crippen molar-refractivity contribution < 1.29 is 9.53 Å². The molecule has 1 aromatic carbocycles. The van der Waals surface area contributed by atoms with Crippen LogP contribution in [0.1, 0.15) is 46.2 Å². The fourth-order valence-electron chi connectivity index (χ4n) is 5.09. The molecule has 1 aromatic heterocycles. The molecule has 2 atom stereocenters. The van der Waals surface area contributed by atoms with Crippen LogP contribution in [-0.2, 0) is 24.6 Å². The van der Waals surface area contributed by atoms with E-state index in [1.165, 1.54) is 17.5 Å². The molecule has 1 amide bonds. The summed E-state index contributed by atoms with van der Waals surface area (Å²) in [5, 5.41) is 4.63. The van der Waals surface area contributed by atoms with Crippen molar-refractivity contribution in [2.75, 3.05) is 32.8 Å². The van der Waals surface area contributed by atoms with Crippen LogP contribution in [0.3, 0.4) is 0 Å². The van der Waals surface area contributed by atoms with E-state index in [0.717, 1.165) is 56.9 Å². The van der Waals surface area contributed by atoms with Crippen LogP contribution in [0.15, 0.2) is 30.3 Å². The standard InChI is InChI=1S/C22H28N4O2/c1-24-21(18-9-5-6-10-19(18)23-24)22(27)25-11-12-26-17(13-25)14-28-15-20(26)16-7-3-2-4-8-16/h2-4,7-8,17,20H,5-6,9-15H2,1H3/t17-,20-/m1/s1. The number of carbonyl (C=O) groups is 1. The van der Waals surface area contributed by atoms with Crippen LogP contribution in [0.2, 0.25) is 0 Å². The van der Waals surface area contributed by atoms with Crippen LogP contribution in [0.25, 0.3) is 0 Å². The van der Waals surface area contributed by atoms with Gasteiger partial charge in [-0.15, -0.1) is 0 Å². The van der Waals surface area contributed by atoms with Crippen LogP contribution in [-0.4, -0.2) is 64.4 Å². The second-order valence-electron chi connectivity index (χ2n) is 8.21. The molecular weight excluding hydrogens is 352 g/mol. The lowest BCUT2D eigenvalue weighted by Crippen LogP contribution is -2.60. The van der Waals surface area contributed by atoms with Gasteiger partial charge in [0.1, 0.15) is 5.69 Å². The van der Waals surface area contributed by atoms with Gasteiger partial charge in [0.15, 0.2) is 0 Å². The minimum Gasteiger partial charge on any atom is -0.378 e. The SMILES string of the molecule is Cn1nc2c(c1C(=O)N1CCN3[C@@H](COC[C@@H]3c3ccccc3)C1)CCCC2. The zero-order valence-corrected chi connectivity index (χ0v) is 16.5. The Morgan fingerprint density at radius 2 is 1.93 bits per heavy atom. The number of piperazine rings is 1. The van der Waals surface area contributed by atoms with Crippen molar-refractivity contribution >= 4 is 5.91 Å². The first-order chi connectivity index (χ1) is 13.7. The van der Waals surface area contributed by atoms with Crippen molar-refractivity contribution in [1.82, 2.24) is 19.6 Å². The molecule has 2 fully saturated rings. The minimum absolute atomic E-state index is 0.139. The lowest BCUT2D eigenvalue weighted by Gasteiger charge is -2.48. The number of aryl methyl sites for hydroxylation is 2. The Morgan fingerprint density at radius 1 is 1.11 bits per heavy atom. The third kappa shape index (κ3) is 3.05. The maximum absolute atomic E-state index is 13.4. The van der Waals surface area contributed by atoms with Crippen LogP contribution in [0, 0.1) is 0 Å². The van der Waals surface area contributed by atoms with Crippen molar-refractivity contribution in [3.05, 3.63) is 52.8 Å². The first-order valence-electron chi connectivity index (χ1n) is 10.4. The summed E-state index contributed by atoms with van der Waals surface area (Å²) in [6.45, 7) is 3.79. The molecule has 1 aliphatic carbocycles. The number of nitrogens with zero attached hydrogens (tertiary/aromatic N) is 4. The Hall–Kier alpha value is -2.18. The highest BCUT2D eigenvalue weighted by Gasteiger charge is 2.39. The van der Waals surface area contributed by atoms with Crippen LogP contribution < -0.4 is 0 Å². The van der Waals surface area contributed by atoms with E-state index in [4.69, 9.17) is 4.74 Å². The number of ether oxygens (including phenoxy) is 1. The second-order valence-corrected chi connectivity index (χ2v) is 8.21. The molecule has 0 bridgehead atoms. The quantitative estimate of drug-likeness (QED) is 0.802. The molecule has 3 heterocycles. The number of fused-ring (bicyclic) bond motifs is 2. The van der Waals surface area contributed by atoms with E-state index in [-0.39, 0.29) is 18.0 Å². The molecule has 0 saturated carbocycles. The Balaban J connectivity index is 1.35. The summed E-state index contributed by atoms with van der Waals surface area (Å²) in [6.07, 6.45) is 4.31. The predicted molar refractivity (Wildman–Crippen MR) is 106 cm³/mol. The molecular formula is C22H28N4O2. The van der Waals surface area contributed by atoms with Crippen LogP contribution in [0.4, 0.5) is 0 Å².